The average Bonchev–Trinajstić information content (AvgIpc) is 2.12. The number of rotatable bonds is 3. The molecule has 1 aromatic rings. The Balaban J connectivity index is 2.82. The molecule has 1 N–H and O–H groups in total. The number of hydrogen-bond acceptors (Lipinski definition) is 1. The quantitative estimate of drug-likeness (QED) is 0.724. The van der Waals surface area contributed by atoms with Gasteiger partial charge in [0.1, 0.15) is 11.6 Å². The molecule has 74 valence electrons. The Morgan fingerprint density at radius 3 is 2.36 bits per heavy atom. The fraction of sp³-hybridized carbons (Fsp3) is 0.273. The van der Waals surface area contributed by atoms with Crippen LogP contribution in [0.5, 0.6) is 0 Å². The summed E-state index contributed by atoms with van der Waals surface area (Å²) in [5.74, 6) is 1.33. The number of terminal acetylenes is 1. The molecule has 0 fully saturated rings. The summed E-state index contributed by atoms with van der Waals surface area (Å²) in [7, 11) is 1.71. The van der Waals surface area contributed by atoms with Crippen LogP contribution in [0.4, 0.5) is 8.78 Å². The third-order valence-corrected chi connectivity index (χ3v) is 1.91. The minimum atomic E-state index is -0.577. The number of halogens is 2. The number of nitrogens with one attached hydrogen (secondary N) is 1. The number of hydrogen-bond donors (Lipinski definition) is 1. The van der Waals surface area contributed by atoms with Gasteiger partial charge in [0.25, 0.3) is 0 Å². The Labute approximate surface area is 82.1 Å². The molecule has 0 aliphatic heterocycles. The Morgan fingerprint density at radius 1 is 1.36 bits per heavy atom. The summed E-state index contributed by atoms with van der Waals surface area (Å²) in [4.78, 5) is 0. The van der Waals surface area contributed by atoms with Crippen LogP contribution in [0, 0.1) is 24.0 Å². The minimum Gasteiger partial charge on any atom is -0.306 e. The smallest absolute Gasteiger partial charge is 0.126 e. The Bertz CT molecular complexity index is 335. The van der Waals surface area contributed by atoms with Crippen LogP contribution >= 0.6 is 0 Å². The van der Waals surface area contributed by atoms with Gasteiger partial charge in [-0.1, -0.05) is 5.92 Å². The van der Waals surface area contributed by atoms with Gasteiger partial charge in [-0.15, -0.1) is 6.42 Å². The van der Waals surface area contributed by atoms with E-state index in [4.69, 9.17) is 6.42 Å². The lowest BCUT2D eigenvalue weighted by atomic mass is 10.1. The first-order chi connectivity index (χ1) is 6.65. The van der Waals surface area contributed by atoms with E-state index in [0.717, 1.165) is 6.07 Å². The van der Waals surface area contributed by atoms with E-state index in [0.29, 0.717) is 12.0 Å². The van der Waals surface area contributed by atoms with Crippen molar-refractivity contribution in [3.63, 3.8) is 0 Å². The summed E-state index contributed by atoms with van der Waals surface area (Å²) < 4.78 is 25.5. The largest absolute Gasteiger partial charge is 0.306 e. The fourth-order valence-corrected chi connectivity index (χ4v) is 1.21. The van der Waals surface area contributed by atoms with Gasteiger partial charge >= 0.3 is 0 Å². The standard InChI is InChI=1S/C11H11F2N/c1-3-11(14-2)6-8-4-9(12)7-10(13)5-8/h1,4-5,7,11,14H,6H2,2H3. The van der Waals surface area contributed by atoms with Gasteiger partial charge in [0.2, 0.25) is 0 Å². The highest BCUT2D eigenvalue weighted by Gasteiger charge is 2.05. The molecule has 1 aromatic carbocycles. The number of likely N-dealkylation sites (N-methyl/N-ethyl adjacent to an activating group) is 1. The van der Waals surface area contributed by atoms with Crippen molar-refractivity contribution in [1.29, 1.82) is 0 Å². The Morgan fingerprint density at radius 2 is 1.93 bits per heavy atom. The van der Waals surface area contributed by atoms with Crippen LogP contribution in [-0.4, -0.2) is 13.1 Å². The lowest BCUT2D eigenvalue weighted by molar-refractivity contribution is 0.576. The molecular weight excluding hydrogens is 184 g/mol. The van der Waals surface area contributed by atoms with Crippen LogP contribution < -0.4 is 5.32 Å². The van der Waals surface area contributed by atoms with Crippen LogP contribution in [0.3, 0.4) is 0 Å². The normalized spacial score (nSPS) is 12.1. The molecule has 14 heavy (non-hydrogen) atoms. The SMILES string of the molecule is C#CC(Cc1cc(F)cc(F)c1)NC. The maximum atomic E-state index is 12.8. The van der Waals surface area contributed by atoms with Crippen LogP contribution in [0.2, 0.25) is 0 Å². The second-order valence-corrected chi connectivity index (χ2v) is 2.99. The maximum Gasteiger partial charge on any atom is 0.126 e. The van der Waals surface area contributed by atoms with Gasteiger partial charge in [0.05, 0.1) is 6.04 Å². The van der Waals surface area contributed by atoms with E-state index in [1.54, 1.807) is 7.05 Å². The van der Waals surface area contributed by atoms with Gasteiger partial charge in [-0.05, 0) is 31.2 Å². The lowest BCUT2D eigenvalue weighted by Gasteiger charge is -2.09. The zero-order valence-corrected chi connectivity index (χ0v) is 7.85. The van der Waals surface area contributed by atoms with Crippen molar-refractivity contribution < 1.29 is 8.78 Å². The molecule has 3 heteroatoms. The van der Waals surface area contributed by atoms with Crippen LogP contribution in [0.25, 0.3) is 0 Å². The van der Waals surface area contributed by atoms with E-state index >= 15 is 0 Å². The molecule has 0 radical (unpaired) electrons. The minimum absolute atomic E-state index is 0.198. The molecule has 0 saturated carbocycles. The third-order valence-electron chi connectivity index (χ3n) is 1.91. The van der Waals surface area contributed by atoms with Crippen molar-refractivity contribution in [2.45, 2.75) is 12.5 Å². The first kappa shape index (κ1) is 10.7. The fourth-order valence-electron chi connectivity index (χ4n) is 1.21. The molecule has 0 bridgehead atoms. The molecule has 1 rings (SSSR count). The maximum absolute atomic E-state index is 12.8. The number of benzene rings is 1. The van der Waals surface area contributed by atoms with Gasteiger partial charge in [-0.3, -0.25) is 0 Å². The summed E-state index contributed by atoms with van der Waals surface area (Å²) in [5, 5.41) is 2.86. The Hall–Kier alpha value is -1.40. The summed E-state index contributed by atoms with van der Waals surface area (Å²) in [6.45, 7) is 0. The molecule has 1 unspecified atom stereocenters. The summed E-state index contributed by atoms with van der Waals surface area (Å²) in [6.07, 6.45) is 5.63. The first-order valence-electron chi connectivity index (χ1n) is 4.24. The van der Waals surface area contributed by atoms with Crippen LogP contribution in [0.1, 0.15) is 5.56 Å². The van der Waals surface area contributed by atoms with E-state index in [1.807, 2.05) is 0 Å². The van der Waals surface area contributed by atoms with Gasteiger partial charge in [0.15, 0.2) is 0 Å². The molecule has 1 atom stereocenters. The van der Waals surface area contributed by atoms with E-state index in [1.165, 1.54) is 12.1 Å². The van der Waals surface area contributed by atoms with Crippen molar-refractivity contribution in [2.24, 2.45) is 0 Å². The average molecular weight is 195 g/mol. The topological polar surface area (TPSA) is 12.0 Å². The summed E-state index contributed by atoms with van der Waals surface area (Å²) >= 11 is 0. The molecule has 0 saturated heterocycles. The summed E-state index contributed by atoms with van der Waals surface area (Å²) in [6, 6.07) is 3.21. The predicted molar refractivity (Wildman–Crippen MR) is 51.7 cm³/mol. The van der Waals surface area contributed by atoms with Crippen LogP contribution in [0.15, 0.2) is 18.2 Å². The van der Waals surface area contributed by atoms with E-state index in [9.17, 15) is 8.78 Å². The van der Waals surface area contributed by atoms with Gasteiger partial charge in [0, 0.05) is 6.07 Å². The highest BCUT2D eigenvalue weighted by atomic mass is 19.1. The van der Waals surface area contributed by atoms with Crippen molar-refractivity contribution in [3.8, 4) is 12.3 Å². The molecule has 0 heterocycles. The highest BCUT2D eigenvalue weighted by Crippen LogP contribution is 2.09. The highest BCUT2D eigenvalue weighted by molar-refractivity contribution is 5.21. The molecule has 0 spiro atoms. The van der Waals surface area contributed by atoms with Crippen molar-refractivity contribution in [3.05, 3.63) is 35.4 Å². The van der Waals surface area contributed by atoms with E-state index < -0.39 is 11.6 Å². The van der Waals surface area contributed by atoms with Gasteiger partial charge < -0.3 is 5.32 Å². The lowest BCUT2D eigenvalue weighted by Crippen LogP contribution is -2.25. The van der Waals surface area contributed by atoms with Gasteiger partial charge in [-0.2, -0.15) is 0 Å². The zero-order valence-electron chi connectivity index (χ0n) is 7.85. The monoisotopic (exact) mass is 195 g/mol. The van der Waals surface area contributed by atoms with E-state index in [-0.39, 0.29) is 6.04 Å². The van der Waals surface area contributed by atoms with E-state index in [2.05, 4.69) is 11.2 Å². The van der Waals surface area contributed by atoms with Gasteiger partial charge in [-0.25, -0.2) is 8.78 Å². The zero-order chi connectivity index (χ0) is 10.6. The van der Waals surface area contributed by atoms with Crippen molar-refractivity contribution in [1.82, 2.24) is 5.32 Å². The summed E-state index contributed by atoms with van der Waals surface area (Å²) in [5.41, 5.74) is 0.555. The second-order valence-electron chi connectivity index (χ2n) is 2.99. The van der Waals surface area contributed by atoms with Crippen molar-refractivity contribution in [2.75, 3.05) is 7.05 Å². The first-order valence-corrected chi connectivity index (χ1v) is 4.24. The molecule has 0 amide bonds. The molecular formula is C11H11F2N. The molecule has 0 aliphatic carbocycles. The molecule has 1 nitrogen and oxygen atoms in total. The predicted octanol–water partition coefficient (Wildman–Crippen LogP) is 1.73. The van der Waals surface area contributed by atoms with Crippen LogP contribution in [-0.2, 0) is 6.42 Å². The second kappa shape index (κ2) is 4.73. The Kier molecular flexibility index (Phi) is 3.61. The van der Waals surface area contributed by atoms with Crippen molar-refractivity contribution >= 4 is 0 Å². The molecule has 0 aromatic heterocycles. The third kappa shape index (κ3) is 2.82. The molecule has 0 aliphatic rings.